The Labute approximate surface area is 169 Å². The van der Waals surface area contributed by atoms with E-state index in [1.54, 1.807) is 24.3 Å². The van der Waals surface area contributed by atoms with Gasteiger partial charge in [0.25, 0.3) is 10.0 Å². The number of nitrogens with zero attached hydrogens (tertiary/aromatic N) is 1. The van der Waals surface area contributed by atoms with Crippen molar-refractivity contribution in [1.82, 2.24) is 0 Å². The molecule has 0 aliphatic rings. The van der Waals surface area contributed by atoms with Crippen molar-refractivity contribution < 1.29 is 13.2 Å². The van der Waals surface area contributed by atoms with E-state index < -0.39 is 15.9 Å². The Morgan fingerprint density at radius 2 is 1.71 bits per heavy atom. The highest BCUT2D eigenvalue weighted by atomic mass is 35.5. The Balaban J connectivity index is 1.86. The van der Waals surface area contributed by atoms with Crippen LogP contribution in [-0.4, -0.2) is 15.5 Å². The van der Waals surface area contributed by atoms with E-state index in [0.717, 1.165) is 5.56 Å². The second-order valence-electron chi connectivity index (χ2n) is 5.99. The molecule has 0 spiro atoms. The predicted molar refractivity (Wildman–Crippen MR) is 109 cm³/mol. The molecular formula is C21H17ClN2O3S. The molecule has 0 heterocycles. The molecule has 5 nitrogen and oxygen atoms in total. The Kier molecular flexibility index (Phi) is 5.88. The number of rotatable bonds is 6. The Bertz CT molecular complexity index is 1110. The van der Waals surface area contributed by atoms with Crippen LogP contribution in [0.3, 0.4) is 0 Å². The van der Waals surface area contributed by atoms with E-state index in [9.17, 15) is 13.7 Å². The summed E-state index contributed by atoms with van der Waals surface area (Å²) in [5, 5.41) is 9.88. The van der Waals surface area contributed by atoms with Crippen molar-refractivity contribution in [2.75, 3.05) is 11.8 Å². The van der Waals surface area contributed by atoms with Crippen LogP contribution in [0.1, 0.15) is 17.0 Å². The fraction of sp³-hybridized carbons (Fsp3) is 0.0952. The molecule has 3 aromatic rings. The summed E-state index contributed by atoms with van der Waals surface area (Å²) < 4.78 is 32.7. The van der Waals surface area contributed by atoms with E-state index in [1.165, 1.54) is 25.3 Å². The first-order valence-corrected chi connectivity index (χ1v) is 10.2. The summed E-state index contributed by atoms with van der Waals surface area (Å²) in [6.45, 7) is 0. The fourth-order valence-corrected chi connectivity index (χ4v) is 4.10. The lowest BCUT2D eigenvalue weighted by Crippen LogP contribution is -2.13. The highest BCUT2D eigenvalue weighted by Gasteiger charge is 2.19. The van der Waals surface area contributed by atoms with Crippen LogP contribution in [0.15, 0.2) is 77.7 Å². The van der Waals surface area contributed by atoms with Gasteiger partial charge < -0.3 is 4.74 Å². The zero-order valence-electron chi connectivity index (χ0n) is 15.0. The maximum Gasteiger partial charge on any atom is 0.261 e. The van der Waals surface area contributed by atoms with E-state index in [2.05, 4.69) is 10.8 Å². The minimum atomic E-state index is -3.78. The minimum absolute atomic E-state index is 0.104. The number of anilines is 1. The van der Waals surface area contributed by atoms with Crippen LogP contribution in [0, 0.1) is 11.3 Å². The van der Waals surface area contributed by atoms with Crippen molar-refractivity contribution in [2.45, 2.75) is 10.8 Å². The van der Waals surface area contributed by atoms with Crippen molar-refractivity contribution in [3.8, 4) is 11.8 Å². The molecule has 0 amide bonds. The number of sulfonamides is 1. The van der Waals surface area contributed by atoms with Crippen LogP contribution >= 0.6 is 11.6 Å². The number of ether oxygens (including phenoxy) is 1. The third-order valence-electron chi connectivity index (χ3n) is 4.20. The lowest BCUT2D eigenvalue weighted by atomic mass is 9.92. The molecule has 3 rings (SSSR count). The van der Waals surface area contributed by atoms with Gasteiger partial charge in [-0.15, -0.1) is 0 Å². The van der Waals surface area contributed by atoms with E-state index in [-0.39, 0.29) is 4.90 Å². The van der Waals surface area contributed by atoms with Crippen LogP contribution in [0.4, 0.5) is 5.69 Å². The summed E-state index contributed by atoms with van der Waals surface area (Å²) in [5.41, 5.74) is 1.75. The van der Waals surface area contributed by atoms with E-state index >= 15 is 0 Å². The van der Waals surface area contributed by atoms with Gasteiger partial charge in [-0.25, -0.2) is 8.42 Å². The molecule has 0 aliphatic carbocycles. The van der Waals surface area contributed by atoms with Gasteiger partial charge in [-0.3, -0.25) is 4.72 Å². The summed E-state index contributed by atoms with van der Waals surface area (Å²) >= 11 is 6.36. The van der Waals surface area contributed by atoms with E-state index in [0.29, 0.717) is 22.0 Å². The van der Waals surface area contributed by atoms with Crippen LogP contribution in [0.5, 0.6) is 5.75 Å². The third kappa shape index (κ3) is 4.28. The third-order valence-corrected chi connectivity index (χ3v) is 5.92. The first-order valence-electron chi connectivity index (χ1n) is 8.35. The molecule has 0 radical (unpaired) electrons. The molecule has 3 aromatic carbocycles. The van der Waals surface area contributed by atoms with Gasteiger partial charge in [0.2, 0.25) is 0 Å². The fourth-order valence-electron chi connectivity index (χ4n) is 2.76. The molecular weight excluding hydrogens is 396 g/mol. The highest BCUT2D eigenvalue weighted by Crippen LogP contribution is 2.32. The van der Waals surface area contributed by atoms with Crippen LogP contribution in [0.25, 0.3) is 0 Å². The molecule has 7 heteroatoms. The van der Waals surface area contributed by atoms with Crippen molar-refractivity contribution >= 4 is 27.3 Å². The first kappa shape index (κ1) is 19.7. The van der Waals surface area contributed by atoms with Gasteiger partial charge in [0, 0.05) is 5.02 Å². The Hall–Kier alpha value is -3.01. The van der Waals surface area contributed by atoms with Gasteiger partial charge in [0.15, 0.2) is 0 Å². The second kappa shape index (κ2) is 8.34. The Morgan fingerprint density at radius 3 is 2.29 bits per heavy atom. The van der Waals surface area contributed by atoms with Gasteiger partial charge >= 0.3 is 0 Å². The number of benzene rings is 3. The molecule has 0 aromatic heterocycles. The van der Waals surface area contributed by atoms with Crippen molar-refractivity contribution in [1.29, 1.82) is 5.26 Å². The summed E-state index contributed by atoms with van der Waals surface area (Å²) in [4.78, 5) is 0.104. The van der Waals surface area contributed by atoms with Gasteiger partial charge in [-0.05, 0) is 47.5 Å². The van der Waals surface area contributed by atoms with E-state index in [4.69, 9.17) is 16.3 Å². The minimum Gasteiger partial charge on any atom is -0.497 e. The van der Waals surface area contributed by atoms with Crippen molar-refractivity contribution in [3.63, 3.8) is 0 Å². The molecule has 28 heavy (non-hydrogen) atoms. The van der Waals surface area contributed by atoms with Gasteiger partial charge in [-0.2, -0.15) is 5.26 Å². The molecule has 0 bridgehead atoms. The zero-order valence-corrected chi connectivity index (χ0v) is 16.5. The SMILES string of the molecule is COc1ccc(S(=O)(=O)Nc2ccc(C(C#N)c3ccccc3)c(Cl)c2)cc1. The number of methoxy groups -OCH3 is 1. The van der Waals surface area contributed by atoms with Gasteiger partial charge in [-0.1, -0.05) is 48.0 Å². The number of hydrogen-bond acceptors (Lipinski definition) is 4. The van der Waals surface area contributed by atoms with Crippen LogP contribution < -0.4 is 9.46 Å². The van der Waals surface area contributed by atoms with Crippen LogP contribution in [0.2, 0.25) is 5.02 Å². The number of halogens is 1. The summed E-state index contributed by atoms with van der Waals surface area (Å²) in [5.74, 6) is 0.0238. The molecule has 0 aliphatic heterocycles. The van der Waals surface area contributed by atoms with Crippen molar-refractivity contribution in [3.05, 3.63) is 88.9 Å². The summed E-state index contributed by atoms with van der Waals surface area (Å²) in [6.07, 6.45) is 0. The predicted octanol–water partition coefficient (Wildman–Crippen LogP) is 4.80. The Morgan fingerprint density at radius 1 is 1.04 bits per heavy atom. The number of hydrogen-bond donors (Lipinski definition) is 1. The smallest absolute Gasteiger partial charge is 0.261 e. The first-order chi connectivity index (χ1) is 13.4. The monoisotopic (exact) mass is 412 g/mol. The average Bonchev–Trinajstić information content (AvgIpc) is 2.70. The topological polar surface area (TPSA) is 79.2 Å². The number of nitrogens with one attached hydrogen (secondary N) is 1. The number of nitriles is 1. The highest BCUT2D eigenvalue weighted by molar-refractivity contribution is 7.92. The molecule has 142 valence electrons. The average molecular weight is 413 g/mol. The summed E-state index contributed by atoms with van der Waals surface area (Å²) in [7, 11) is -2.27. The van der Waals surface area contributed by atoms with Gasteiger partial charge in [0.05, 0.1) is 29.7 Å². The second-order valence-corrected chi connectivity index (χ2v) is 8.08. The largest absolute Gasteiger partial charge is 0.497 e. The normalized spacial score (nSPS) is 12.0. The van der Waals surface area contributed by atoms with E-state index in [1.807, 2.05) is 30.3 Å². The summed E-state index contributed by atoms with van der Waals surface area (Å²) in [6, 6.07) is 22.3. The van der Waals surface area contributed by atoms with Gasteiger partial charge in [0.1, 0.15) is 5.75 Å². The lowest BCUT2D eigenvalue weighted by Gasteiger charge is -2.14. The quantitative estimate of drug-likeness (QED) is 0.630. The van der Waals surface area contributed by atoms with Crippen LogP contribution in [-0.2, 0) is 10.0 Å². The molecule has 0 saturated heterocycles. The molecule has 1 N–H and O–H groups in total. The molecule has 1 unspecified atom stereocenters. The maximum absolute atomic E-state index is 12.6. The van der Waals surface area contributed by atoms with Crippen molar-refractivity contribution in [2.24, 2.45) is 0 Å². The zero-order chi connectivity index (χ0) is 20.1. The maximum atomic E-state index is 12.6. The molecule has 0 fully saturated rings. The standard InChI is InChI=1S/C21H17ClN2O3S/c1-27-17-8-10-18(11-9-17)28(25,26)24-16-7-12-19(21(22)13-16)20(14-23)15-5-3-2-4-6-15/h2-13,20,24H,1H3. The lowest BCUT2D eigenvalue weighted by molar-refractivity contribution is 0.414. The molecule has 1 atom stereocenters. The molecule has 0 saturated carbocycles.